The molecule has 11 heteroatoms. The number of nitrogens with one attached hydrogen (secondary N) is 2. The zero-order valence-electron chi connectivity index (χ0n) is 22.3. The number of thioether (sulfide) groups is 1. The molecule has 1 aromatic heterocycles. The van der Waals surface area contributed by atoms with Gasteiger partial charge in [0.15, 0.2) is 11.0 Å². The first-order chi connectivity index (χ1) is 19.0. The van der Waals surface area contributed by atoms with Gasteiger partial charge in [-0.05, 0) is 43.5 Å². The van der Waals surface area contributed by atoms with Crippen LogP contribution in [0.15, 0.2) is 59.8 Å². The van der Waals surface area contributed by atoms with Crippen molar-refractivity contribution in [1.29, 1.82) is 5.41 Å². The van der Waals surface area contributed by atoms with Crippen LogP contribution in [0.5, 0.6) is 0 Å². The smallest absolute Gasteiger partial charge is 0.420 e. The fraction of sp³-hybridized carbons (Fsp3) is 0.357. The van der Waals surface area contributed by atoms with E-state index in [9.17, 15) is 4.79 Å². The maximum atomic E-state index is 13.6. The van der Waals surface area contributed by atoms with Crippen LogP contribution in [-0.4, -0.2) is 91.3 Å². The lowest BCUT2D eigenvalue weighted by molar-refractivity contribution is 0.108. The van der Waals surface area contributed by atoms with Crippen LogP contribution in [0.2, 0.25) is 5.02 Å². The number of aromatic nitrogens is 2. The molecule has 0 atom stereocenters. The van der Waals surface area contributed by atoms with Gasteiger partial charge in [-0.3, -0.25) is 4.90 Å². The van der Waals surface area contributed by atoms with Crippen molar-refractivity contribution in [3.05, 3.63) is 70.7 Å². The van der Waals surface area contributed by atoms with Gasteiger partial charge in [-0.2, -0.15) is 0 Å². The van der Waals surface area contributed by atoms with Gasteiger partial charge in [-0.15, -0.1) is 0 Å². The molecule has 1 aliphatic heterocycles. The molecule has 2 heterocycles. The topological polar surface area (TPSA) is 97.7 Å². The number of carbonyl (C=O) groups is 1. The van der Waals surface area contributed by atoms with Crippen LogP contribution in [0, 0.1) is 5.41 Å². The standard InChI is InChI=1S/C28H34ClN7O2S/c1-34-13-15-35(16-14-34)17-18-38-28(37)36(23-10-6-9-22(29)19-23)26-24(20-30)25(32-27(33-26)39-2)31-12-11-21-7-4-3-5-8-21/h3-10,19-20,30H,11-18H2,1-2H3,(H,31,32,33). The summed E-state index contributed by atoms with van der Waals surface area (Å²) in [5, 5.41) is 12.5. The Labute approximate surface area is 239 Å². The zero-order chi connectivity index (χ0) is 27.6. The van der Waals surface area contributed by atoms with Gasteiger partial charge in [0.1, 0.15) is 12.4 Å². The predicted molar refractivity (Wildman–Crippen MR) is 159 cm³/mol. The van der Waals surface area contributed by atoms with Gasteiger partial charge in [0.25, 0.3) is 0 Å². The molecule has 0 spiro atoms. The summed E-state index contributed by atoms with van der Waals surface area (Å²) in [6.07, 6.45) is 3.22. The maximum Gasteiger partial charge on any atom is 0.420 e. The van der Waals surface area contributed by atoms with E-state index in [0.717, 1.165) is 32.6 Å². The van der Waals surface area contributed by atoms with Gasteiger partial charge in [0, 0.05) is 50.5 Å². The summed E-state index contributed by atoms with van der Waals surface area (Å²) < 4.78 is 5.76. The molecule has 0 radical (unpaired) electrons. The van der Waals surface area contributed by atoms with Crippen LogP contribution >= 0.6 is 23.4 Å². The Morgan fingerprint density at radius 2 is 1.92 bits per heavy atom. The molecular weight excluding hydrogens is 534 g/mol. The van der Waals surface area contributed by atoms with Crippen LogP contribution in [0.1, 0.15) is 11.1 Å². The van der Waals surface area contributed by atoms with E-state index < -0.39 is 6.09 Å². The summed E-state index contributed by atoms with van der Waals surface area (Å²) in [5.74, 6) is 0.742. The van der Waals surface area contributed by atoms with Crippen molar-refractivity contribution in [1.82, 2.24) is 19.8 Å². The molecule has 39 heavy (non-hydrogen) atoms. The average Bonchev–Trinajstić information content (AvgIpc) is 2.95. The van der Waals surface area contributed by atoms with Crippen LogP contribution in [-0.2, 0) is 11.2 Å². The highest BCUT2D eigenvalue weighted by molar-refractivity contribution is 7.98. The first-order valence-corrected chi connectivity index (χ1v) is 14.5. The summed E-state index contributed by atoms with van der Waals surface area (Å²) in [5.41, 5.74) is 2.07. The second kappa shape index (κ2) is 14.3. The van der Waals surface area contributed by atoms with Crippen molar-refractivity contribution in [3.8, 4) is 0 Å². The van der Waals surface area contributed by atoms with Crippen molar-refractivity contribution >= 4 is 53.0 Å². The van der Waals surface area contributed by atoms with E-state index in [0.29, 0.717) is 40.3 Å². The van der Waals surface area contributed by atoms with Crippen molar-refractivity contribution in [2.75, 3.05) is 69.4 Å². The van der Waals surface area contributed by atoms with E-state index in [2.05, 4.69) is 44.3 Å². The number of nitrogens with zero attached hydrogens (tertiary/aromatic N) is 5. The van der Waals surface area contributed by atoms with E-state index in [1.54, 1.807) is 24.3 Å². The van der Waals surface area contributed by atoms with Crippen LogP contribution in [0.4, 0.5) is 22.1 Å². The van der Waals surface area contributed by atoms with Crippen LogP contribution in [0.3, 0.4) is 0 Å². The third-order valence-corrected chi connectivity index (χ3v) is 7.25. The number of rotatable bonds is 11. The number of carbonyl (C=O) groups excluding carboxylic acids is 1. The maximum absolute atomic E-state index is 13.6. The molecule has 0 aliphatic carbocycles. The second-order valence-corrected chi connectivity index (χ2v) is 10.4. The normalized spacial score (nSPS) is 14.1. The molecule has 206 valence electrons. The summed E-state index contributed by atoms with van der Waals surface area (Å²) in [7, 11) is 2.11. The number of halogens is 1. The Morgan fingerprint density at radius 3 is 2.62 bits per heavy atom. The third kappa shape index (κ3) is 7.92. The summed E-state index contributed by atoms with van der Waals surface area (Å²) >= 11 is 7.66. The molecule has 9 nitrogen and oxygen atoms in total. The molecule has 2 aromatic carbocycles. The van der Waals surface area contributed by atoms with Crippen molar-refractivity contribution < 1.29 is 9.53 Å². The minimum atomic E-state index is -0.588. The zero-order valence-corrected chi connectivity index (χ0v) is 23.8. The highest BCUT2D eigenvalue weighted by atomic mass is 35.5. The number of ether oxygens (including phenoxy) is 1. The summed E-state index contributed by atoms with van der Waals surface area (Å²) in [6, 6.07) is 17.1. The van der Waals surface area contributed by atoms with Gasteiger partial charge >= 0.3 is 6.09 Å². The van der Waals surface area contributed by atoms with E-state index in [1.807, 2.05) is 24.5 Å². The number of amides is 1. The molecule has 1 amide bonds. The van der Waals surface area contributed by atoms with E-state index >= 15 is 0 Å². The number of benzene rings is 2. The molecule has 1 saturated heterocycles. The highest BCUT2D eigenvalue weighted by Crippen LogP contribution is 2.33. The van der Waals surface area contributed by atoms with Crippen LogP contribution in [0.25, 0.3) is 0 Å². The lowest BCUT2D eigenvalue weighted by Crippen LogP contribution is -2.45. The summed E-state index contributed by atoms with van der Waals surface area (Å²) in [6.45, 7) is 5.33. The van der Waals surface area contributed by atoms with E-state index in [1.165, 1.54) is 28.4 Å². The average molecular weight is 568 g/mol. The number of hydrogen-bond acceptors (Lipinski definition) is 9. The quantitative estimate of drug-likeness (QED) is 0.189. The van der Waals surface area contributed by atoms with E-state index in [4.69, 9.17) is 21.7 Å². The lowest BCUT2D eigenvalue weighted by atomic mass is 10.1. The Bertz CT molecular complexity index is 1260. The Balaban J connectivity index is 1.60. The Hall–Kier alpha value is -3.18. The molecule has 0 unspecified atom stereocenters. The second-order valence-electron chi connectivity index (χ2n) is 9.18. The largest absolute Gasteiger partial charge is 0.448 e. The van der Waals surface area contributed by atoms with Gasteiger partial charge in [0.05, 0.1) is 11.3 Å². The number of anilines is 3. The number of piperazine rings is 1. The number of hydrogen-bond donors (Lipinski definition) is 2. The molecule has 4 rings (SSSR count). The fourth-order valence-electron chi connectivity index (χ4n) is 4.26. The molecule has 0 bridgehead atoms. The highest BCUT2D eigenvalue weighted by Gasteiger charge is 2.27. The molecular formula is C28H34ClN7O2S. The van der Waals surface area contributed by atoms with Gasteiger partial charge in [0.2, 0.25) is 0 Å². The molecule has 1 fully saturated rings. The van der Waals surface area contributed by atoms with Crippen molar-refractivity contribution in [2.45, 2.75) is 11.6 Å². The monoisotopic (exact) mass is 567 g/mol. The van der Waals surface area contributed by atoms with Crippen molar-refractivity contribution in [3.63, 3.8) is 0 Å². The molecule has 0 saturated carbocycles. The molecule has 2 N–H and O–H groups in total. The van der Waals surface area contributed by atoms with Crippen molar-refractivity contribution in [2.24, 2.45) is 0 Å². The molecule has 3 aromatic rings. The fourth-order valence-corrected chi connectivity index (χ4v) is 4.81. The minimum absolute atomic E-state index is 0.238. The van der Waals surface area contributed by atoms with Crippen LogP contribution < -0.4 is 10.2 Å². The third-order valence-electron chi connectivity index (χ3n) is 6.47. The van der Waals surface area contributed by atoms with Gasteiger partial charge in [-0.1, -0.05) is 59.8 Å². The first-order valence-electron chi connectivity index (χ1n) is 12.9. The van der Waals surface area contributed by atoms with Gasteiger partial charge < -0.3 is 20.4 Å². The minimum Gasteiger partial charge on any atom is -0.448 e. The first kappa shape index (κ1) is 28.8. The van der Waals surface area contributed by atoms with Gasteiger partial charge in [-0.25, -0.2) is 19.7 Å². The molecule has 1 aliphatic rings. The Morgan fingerprint density at radius 1 is 1.15 bits per heavy atom. The SMILES string of the molecule is CSc1nc(NCCc2ccccc2)c(C=N)c(N(C(=O)OCCN2CCN(C)CC2)c2cccc(Cl)c2)n1. The predicted octanol–water partition coefficient (Wildman–Crippen LogP) is 5.03. The Kier molecular flexibility index (Phi) is 10.5. The summed E-state index contributed by atoms with van der Waals surface area (Å²) in [4.78, 5) is 28.8. The van der Waals surface area contributed by atoms with E-state index in [-0.39, 0.29) is 12.4 Å². The number of likely N-dealkylation sites (N-methyl/N-ethyl adjacent to an activating group) is 1. The lowest BCUT2D eigenvalue weighted by Gasteiger charge is -2.32.